The van der Waals surface area contributed by atoms with Crippen LogP contribution in [0.25, 0.3) is 0 Å². The van der Waals surface area contributed by atoms with Gasteiger partial charge in [-0.25, -0.2) is 14.2 Å². The number of benzene rings is 1. The average Bonchev–Trinajstić information content (AvgIpc) is 2.81. The van der Waals surface area contributed by atoms with Crippen LogP contribution in [0.15, 0.2) is 30.0 Å². The maximum atomic E-state index is 13.5. The molecule has 5 heteroatoms. The van der Waals surface area contributed by atoms with Gasteiger partial charge in [0.25, 0.3) is 0 Å². The van der Waals surface area contributed by atoms with Gasteiger partial charge >= 0.3 is 0 Å². The lowest BCUT2D eigenvalue weighted by Crippen LogP contribution is -2.38. The van der Waals surface area contributed by atoms with Crippen LogP contribution in [-0.2, 0) is 11.2 Å². The molecule has 0 saturated carbocycles. The van der Waals surface area contributed by atoms with Crippen molar-refractivity contribution in [2.45, 2.75) is 18.9 Å². The Morgan fingerprint density at radius 3 is 2.82 bits per heavy atom. The summed E-state index contributed by atoms with van der Waals surface area (Å²) < 4.78 is 31.6. The lowest BCUT2D eigenvalue weighted by atomic mass is 10.0. The van der Waals surface area contributed by atoms with Gasteiger partial charge in [0, 0.05) is 12.5 Å². The third-order valence-electron chi connectivity index (χ3n) is 2.72. The fourth-order valence-corrected chi connectivity index (χ4v) is 1.83. The summed E-state index contributed by atoms with van der Waals surface area (Å²) in [4.78, 5) is 0. The summed E-state index contributed by atoms with van der Waals surface area (Å²) in [6.07, 6.45) is 3.08. The molecule has 92 valence electrons. The number of halogens is 2. The van der Waals surface area contributed by atoms with E-state index in [1.807, 2.05) is 6.08 Å². The van der Waals surface area contributed by atoms with E-state index in [9.17, 15) is 8.78 Å². The maximum absolute atomic E-state index is 13.5. The van der Waals surface area contributed by atoms with Gasteiger partial charge in [-0.1, -0.05) is 6.07 Å². The van der Waals surface area contributed by atoms with Gasteiger partial charge in [0.1, 0.15) is 17.4 Å². The molecule has 17 heavy (non-hydrogen) atoms. The van der Waals surface area contributed by atoms with E-state index >= 15 is 0 Å². The summed E-state index contributed by atoms with van der Waals surface area (Å²) >= 11 is 0. The highest BCUT2D eigenvalue weighted by Crippen LogP contribution is 2.18. The molecule has 1 atom stereocenters. The Labute approximate surface area is 98.2 Å². The SMILES string of the molecule is NNC(Cc1ccc(F)cc1F)C1=CCCO1. The van der Waals surface area contributed by atoms with Crippen molar-refractivity contribution in [2.24, 2.45) is 5.84 Å². The quantitative estimate of drug-likeness (QED) is 0.621. The highest BCUT2D eigenvalue weighted by Gasteiger charge is 2.19. The first-order valence-corrected chi connectivity index (χ1v) is 5.43. The minimum Gasteiger partial charge on any atom is -0.496 e. The highest BCUT2D eigenvalue weighted by molar-refractivity contribution is 5.22. The fourth-order valence-electron chi connectivity index (χ4n) is 1.83. The Morgan fingerprint density at radius 2 is 2.24 bits per heavy atom. The molecule has 0 spiro atoms. The fraction of sp³-hybridized carbons (Fsp3) is 0.333. The number of ether oxygens (including phenoxy) is 1. The number of nitrogens with two attached hydrogens (primary N) is 1. The molecule has 1 unspecified atom stereocenters. The number of rotatable bonds is 4. The van der Waals surface area contributed by atoms with E-state index in [4.69, 9.17) is 10.6 Å². The molecule has 1 aromatic rings. The molecule has 0 fully saturated rings. The molecule has 0 radical (unpaired) electrons. The monoisotopic (exact) mass is 240 g/mol. The minimum absolute atomic E-state index is 0.280. The van der Waals surface area contributed by atoms with Crippen molar-refractivity contribution >= 4 is 0 Å². The van der Waals surface area contributed by atoms with Gasteiger partial charge < -0.3 is 4.74 Å². The molecule has 1 aliphatic rings. The summed E-state index contributed by atoms with van der Waals surface area (Å²) in [6.45, 7) is 0.624. The zero-order chi connectivity index (χ0) is 12.3. The van der Waals surface area contributed by atoms with Crippen LogP contribution in [-0.4, -0.2) is 12.6 Å². The van der Waals surface area contributed by atoms with E-state index in [2.05, 4.69) is 5.43 Å². The van der Waals surface area contributed by atoms with Gasteiger partial charge in [0.2, 0.25) is 0 Å². The predicted octanol–water partition coefficient (Wildman–Crippen LogP) is 1.64. The molecule has 0 saturated heterocycles. The molecule has 2 rings (SSSR count). The van der Waals surface area contributed by atoms with E-state index in [1.165, 1.54) is 12.1 Å². The lowest BCUT2D eigenvalue weighted by molar-refractivity contribution is 0.214. The molecule has 1 aromatic carbocycles. The molecule has 1 aliphatic heterocycles. The molecular formula is C12H14F2N2O. The number of nitrogens with one attached hydrogen (secondary N) is 1. The third kappa shape index (κ3) is 2.81. The molecule has 0 amide bonds. The summed E-state index contributed by atoms with van der Waals surface area (Å²) in [6, 6.07) is 3.24. The van der Waals surface area contributed by atoms with Crippen molar-refractivity contribution < 1.29 is 13.5 Å². The van der Waals surface area contributed by atoms with Crippen LogP contribution < -0.4 is 11.3 Å². The largest absolute Gasteiger partial charge is 0.496 e. The van der Waals surface area contributed by atoms with Crippen molar-refractivity contribution in [2.75, 3.05) is 6.61 Å². The molecule has 3 N–H and O–H groups in total. The number of hydrogen-bond donors (Lipinski definition) is 2. The van der Waals surface area contributed by atoms with Crippen molar-refractivity contribution in [3.8, 4) is 0 Å². The Kier molecular flexibility index (Phi) is 3.71. The Morgan fingerprint density at radius 1 is 1.41 bits per heavy atom. The van der Waals surface area contributed by atoms with Crippen LogP contribution in [0.5, 0.6) is 0 Å². The first-order chi connectivity index (χ1) is 8.20. The Bertz CT molecular complexity index is 435. The first-order valence-electron chi connectivity index (χ1n) is 5.43. The second kappa shape index (κ2) is 5.25. The van der Waals surface area contributed by atoms with Crippen molar-refractivity contribution in [3.63, 3.8) is 0 Å². The van der Waals surface area contributed by atoms with Crippen LogP contribution in [0, 0.1) is 11.6 Å². The van der Waals surface area contributed by atoms with Crippen LogP contribution in [0.2, 0.25) is 0 Å². The number of hydrazine groups is 1. The van der Waals surface area contributed by atoms with E-state index < -0.39 is 11.6 Å². The van der Waals surface area contributed by atoms with E-state index in [1.54, 1.807) is 0 Å². The van der Waals surface area contributed by atoms with Gasteiger partial charge in [-0.3, -0.25) is 5.84 Å². The minimum atomic E-state index is -0.583. The smallest absolute Gasteiger partial charge is 0.129 e. The second-order valence-electron chi connectivity index (χ2n) is 3.90. The first kappa shape index (κ1) is 12.0. The van der Waals surface area contributed by atoms with E-state index in [0.29, 0.717) is 18.6 Å². The summed E-state index contributed by atoms with van der Waals surface area (Å²) in [5.41, 5.74) is 2.99. The van der Waals surface area contributed by atoms with Crippen LogP contribution in [0.4, 0.5) is 8.78 Å². The zero-order valence-corrected chi connectivity index (χ0v) is 9.25. The Hall–Kier alpha value is -1.46. The molecule has 0 bridgehead atoms. The molecule has 0 aromatic heterocycles. The second-order valence-corrected chi connectivity index (χ2v) is 3.90. The summed E-state index contributed by atoms with van der Waals surface area (Å²) in [5.74, 6) is 4.98. The van der Waals surface area contributed by atoms with Gasteiger partial charge in [0.05, 0.1) is 12.6 Å². The topological polar surface area (TPSA) is 47.3 Å². The van der Waals surface area contributed by atoms with Crippen molar-refractivity contribution in [1.82, 2.24) is 5.43 Å². The van der Waals surface area contributed by atoms with Gasteiger partial charge in [-0.2, -0.15) is 0 Å². The average molecular weight is 240 g/mol. The van der Waals surface area contributed by atoms with Crippen LogP contribution in [0.3, 0.4) is 0 Å². The maximum Gasteiger partial charge on any atom is 0.129 e. The zero-order valence-electron chi connectivity index (χ0n) is 9.25. The highest BCUT2D eigenvalue weighted by atomic mass is 19.1. The van der Waals surface area contributed by atoms with Crippen LogP contribution >= 0.6 is 0 Å². The predicted molar refractivity (Wildman–Crippen MR) is 59.8 cm³/mol. The lowest BCUT2D eigenvalue weighted by Gasteiger charge is -2.17. The van der Waals surface area contributed by atoms with Crippen molar-refractivity contribution in [1.29, 1.82) is 0 Å². The van der Waals surface area contributed by atoms with Crippen LogP contribution in [0.1, 0.15) is 12.0 Å². The summed E-state index contributed by atoms with van der Waals surface area (Å²) in [7, 11) is 0. The van der Waals surface area contributed by atoms with Gasteiger partial charge in [-0.05, 0) is 24.1 Å². The molecule has 3 nitrogen and oxygen atoms in total. The molecule has 1 heterocycles. The van der Waals surface area contributed by atoms with Gasteiger partial charge in [0.15, 0.2) is 0 Å². The third-order valence-corrected chi connectivity index (χ3v) is 2.72. The van der Waals surface area contributed by atoms with Gasteiger partial charge in [-0.15, -0.1) is 0 Å². The molecular weight excluding hydrogens is 226 g/mol. The summed E-state index contributed by atoms with van der Waals surface area (Å²) in [5, 5.41) is 0. The van der Waals surface area contributed by atoms with E-state index in [0.717, 1.165) is 18.2 Å². The normalized spacial score (nSPS) is 16.5. The Balaban J connectivity index is 2.12. The number of hydrogen-bond acceptors (Lipinski definition) is 3. The standard InChI is InChI=1S/C12H14F2N2O/c13-9-4-3-8(10(14)7-9)6-11(16-15)12-2-1-5-17-12/h2-4,7,11,16H,1,5-6,15H2. The molecule has 0 aliphatic carbocycles. The van der Waals surface area contributed by atoms with Crippen molar-refractivity contribution in [3.05, 3.63) is 47.2 Å². The van der Waals surface area contributed by atoms with E-state index in [-0.39, 0.29) is 6.04 Å².